The summed E-state index contributed by atoms with van der Waals surface area (Å²) in [6, 6.07) is 7.91. The van der Waals surface area contributed by atoms with Crippen molar-refractivity contribution in [3.8, 4) is 0 Å². The molecule has 4 nitrogen and oxygen atoms in total. The number of fused-ring (bicyclic) bond motifs is 1. The summed E-state index contributed by atoms with van der Waals surface area (Å²) in [7, 11) is 0. The number of nitrogens with zero attached hydrogens (tertiary/aromatic N) is 3. The number of hydrogen-bond acceptors (Lipinski definition) is 4. The van der Waals surface area contributed by atoms with Gasteiger partial charge in [-0.15, -0.1) is 0 Å². The van der Waals surface area contributed by atoms with E-state index in [1.807, 2.05) is 38.1 Å². The summed E-state index contributed by atoms with van der Waals surface area (Å²) in [5, 5.41) is 10.2. The number of β-amino-alcohol motifs (C(OH)–C–C–N with tert-alkyl or cyclic N) is 1. The zero-order valence-corrected chi connectivity index (χ0v) is 11.4. The summed E-state index contributed by atoms with van der Waals surface area (Å²) < 4.78 is 0. The molecular formula is C15H19N3O. The van der Waals surface area contributed by atoms with Crippen molar-refractivity contribution < 1.29 is 5.11 Å². The van der Waals surface area contributed by atoms with Gasteiger partial charge in [-0.05, 0) is 38.8 Å². The number of anilines is 1. The van der Waals surface area contributed by atoms with E-state index in [1.165, 1.54) is 0 Å². The Labute approximate surface area is 113 Å². The second-order valence-corrected chi connectivity index (χ2v) is 5.64. The predicted molar refractivity (Wildman–Crippen MR) is 76.3 cm³/mol. The third-order valence-electron chi connectivity index (χ3n) is 3.69. The van der Waals surface area contributed by atoms with Gasteiger partial charge < -0.3 is 10.0 Å². The molecule has 0 radical (unpaired) electrons. The third kappa shape index (κ3) is 2.40. The Kier molecular flexibility index (Phi) is 2.90. The van der Waals surface area contributed by atoms with E-state index in [4.69, 9.17) is 4.98 Å². The molecule has 4 heteroatoms. The molecule has 100 valence electrons. The highest BCUT2D eigenvalue weighted by molar-refractivity contribution is 5.76. The van der Waals surface area contributed by atoms with Crippen molar-refractivity contribution in [2.75, 3.05) is 18.0 Å². The van der Waals surface area contributed by atoms with E-state index < -0.39 is 5.60 Å². The number of rotatable bonds is 1. The van der Waals surface area contributed by atoms with Gasteiger partial charge in [-0.1, -0.05) is 12.1 Å². The average molecular weight is 257 g/mol. The lowest BCUT2D eigenvalue weighted by molar-refractivity contribution is 0.0447. The standard InChI is InChI=1S/C15H19N3O/c1-11-14(18-9-5-8-15(2,19)10-18)17-13-7-4-3-6-12(13)16-11/h3-4,6-7,19H,5,8-10H2,1-2H3. The molecule has 0 spiro atoms. The van der Waals surface area contributed by atoms with Crippen molar-refractivity contribution in [1.29, 1.82) is 0 Å². The fourth-order valence-corrected chi connectivity index (χ4v) is 2.78. The number of aliphatic hydroxyl groups is 1. The summed E-state index contributed by atoms with van der Waals surface area (Å²) in [6.07, 6.45) is 1.84. The van der Waals surface area contributed by atoms with Gasteiger partial charge >= 0.3 is 0 Å². The highest BCUT2D eigenvalue weighted by Gasteiger charge is 2.30. The lowest BCUT2D eigenvalue weighted by Gasteiger charge is -2.37. The number of hydrogen-bond donors (Lipinski definition) is 1. The van der Waals surface area contributed by atoms with Gasteiger partial charge in [0.15, 0.2) is 5.82 Å². The minimum atomic E-state index is -0.627. The summed E-state index contributed by atoms with van der Waals surface area (Å²) >= 11 is 0. The first-order valence-electron chi connectivity index (χ1n) is 6.76. The largest absolute Gasteiger partial charge is 0.388 e. The maximum absolute atomic E-state index is 10.2. The van der Waals surface area contributed by atoms with Crippen molar-refractivity contribution in [2.24, 2.45) is 0 Å². The van der Waals surface area contributed by atoms with Gasteiger partial charge in [0, 0.05) is 13.1 Å². The molecule has 3 rings (SSSR count). The van der Waals surface area contributed by atoms with E-state index in [2.05, 4.69) is 9.88 Å². The molecule has 1 aliphatic heterocycles. The molecule has 19 heavy (non-hydrogen) atoms. The Balaban J connectivity index is 2.02. The van der Waals surface area contributed by atoms with E-state index in [1.54, 1.807) is 0 Å². The van der Waals surface area contributed by atoms with Crippen LogP contribution in [0.1, 0.15) is 25.5 Å². The van der Waals surface area contributed by atoms with Gasteiger partial charge in [-0.25, -0.2) is 9.97 Å². The van der Waals surface area contributed by atoms with Crippen molar-refractivity contribution in [3.05, 3.63) is 30.0 Å². The van der Waals surface area contributed by atoms with Crippen LogP contribution in [0.2, 0.25) is 0 Å². The summed E-state index contributed by atoms with van der Waals surface area (Å²) in [6.45, 7) is 5.44. The second-order valence-electron chi connectivity index (χ2n) is 5.64. The normalized spacial score (nSPS) is 23.8. The van der Waals surface area contributed by atoms with Crippen LogP contribution in [0.3, 0.4) is 0 Å². The van der Waals surface area contributed by atoms with E-state index >= 15 is 0 Å². The van der Waals surface area contributed by atoms with Gasteiger partial charge in [0.2, 0.25) is 0 Å². The highest BCUT2D eigenvalue weighted by atomic mass is 16.3. The number of para-hydroxylation sites is 2. The summed E-state index contributed by atoms with van der Waals surface area (Å²) in [4.78, 5) is 11.5. The molecule has 0 aliphatic carbocycles. The van der Waals surface area contributed by atoms with E-state index in [0.29, 0.717) is 6.54 Å². The van der Waals surface area contributed by atoms with Gasteiger partial charge in [0.05, 0.1) is 22.3 Å². The molecule has 1 fully saturated rings. The van der Waals surface area contributed by atoms with Crippen molar-refractivity contribution in [2.45, 2.75) is 32.3 Å². The topological polar surface area (TPSA) is 49.2 Å². The molecule has 1 aromatic carbocycles. The van der Waals surface area contributed by atoms with E-state index in [0.717, 1.165) is 41.9 Å². The quantitative estimate of drug-likeness (QED) is 0.851. The molecule has 1 saturated heterocycles. The molecule has 1 N–H and O–H groups in total. The number of benzene rings is 1. The fourth-order valence-electron chi connectivity index (χ4n) is 2.78. The Morgan fingerprint density at radius 3 is 2.58 bits per heavy atom. The van der Waals surface area contributed by atoms with E-state index in [9.17, 15) is 5.11 Å². The molecule has 1 unspecified atom stereocenters. The SMILES string of the molecule is Cc1nc2ccccc2nc1N1CCCC(C)(O)C1. The monoisotopic (exact) mass is 257 g/mol. The van der Waals surface area contributed by atoms with Crippen LogP contribution in [-0.4, -0.2) is 33.8 Å². The zero-order chi connectivity index (χ0) is 13.5. The van der Waals surface area contributed by atoms with Crippen LogP contribution in [0.4, 0.5) is 5.82 Å². The van der Waals surface area contributed by atoms with Crippen molar-refractivity contribution in [3.63, 3.8) is 0 Å². The summed E-state index contributed by atoms with van der Waals surface area (Å²) in [5.41, 5.74) is 2.13. The Morgan fingerprint density at radius 2 is 1.89 bits per heavy atom. The van der Waals surface area contributed by atoms with Crippen molar-refractivity contribution >= 4 is 16.9 Å². The van der Waals surface area contributed by atoms with Crippen LogP contribution >= 0.6 is 0 Å². The van der Waals surface area contributed by atoms with Gasteiger partial charge in [0.25, 0.3) is 0 Å². The Bertz CT molecular complexity index is 609. The maximum atomic E-state index is 10.2. The number of aryl methyl sites for hydroxylation is 1. The molecule has 2 aromatic rings. The smallest absolute Gasteiger partial charge is 0.150 e. The predicted octanol–water partition coefficient (Wildman–Crippen LogP) is 2.29. The molecular weight excluding hydrogens is 238 g/mol. The van der Waals surface area contributed by atoms with Crippen LogP contribution in [0.15, 0.2) is 24.3 Å². The van der Waals surface area contributed by atoms with E-state index in [-0.39, 0.29) is 0 Å². The maximum Gasteiger partial charge on any atom is 0.150 e. The molecule has 0 saturated carbocycles. The van der Waals surface area contributed by atoms with Crippen molar-refractivity contribution in [1.82, 2.24) is 9.97 Å². The van der Waals surface area contributed by atoms with Crippen LogP contribution in [0.5, 0.6) is 0 Å². The molecule has 1 atom stereocenters. The van der Waals surface area contributed by atoms with Gasteiger partial charge in [-0.2, -0.15) is 0 Å². The zero-order valence-electron chi connectivity index (χ0n) is 11.4. The first-order valence-corrected chi connectivity index (χ1v) is 6.76. The lowest BCUT2D eigenvalue weighted by Crippen LogP contribution is -2.46. The molecule has 1 aliphatic rings. The van der Waals surface area contributed by atoms with Crippen LogP contribution in [0, 0.1) is 6.92 Å². The number of aromatic nitrogens is 2. The fraction of sp³-hybridized carbons (Fsp3) is 0.467. The first kappa shape index (κ1) is 12.4. The Hall–Kier alpha value is -1.68. The van der Waals surface area contributed by atoms with Gasteiger partial charge in [0.1, 0.15) is 0 Å². The third-order valence-corrected chi connectivity index (χ3v) is 3.69. The molecule has 0 amide bonds. The van der Waals surface area contributed by atoms with Crippen LogP contribution in [-0.2, 0) is 0 Å². The highest BCUT2D eigenvalue weighted by Crippen LogP contribution is 2.27. The Morgan fingerprint density at radius 1 is 1.21 bits per heavy atom. The molecule has 0 bridgehead atoms. The molecule has 2 heterocycles. The summed E-state index contributed by atoms with van der Waals surface area (Å²) in [5.74, 6) is 0.902. The lowest BCUT2D eigenvalue weighted by atomic mass is 9.95. The van der Waals surface area contributed by atoms with Crippen LogP contribution in [0.25, 0.3) is 11.0 Å². The van der Waals surface area contributed by atoms with Gasteiger partial charge in [-0.3, -0.25) is 0 Å². The van der Waals surface area contributed by atoms with Crippen LogP contribution < -0.4 is 4.90 Å². The molecule has 1 aromatic heterocycles. The number of piperidine rings is 1. The second kappa shape index (κ2) is 4.46. The first-order chi connectivity index (χ1) is 9.05. The minimum absolute atomic E-state index is 0.626. The average Bonchev–Trinajstić information content (AvgIpc) is 2.36. The minimum Gasteiger partial charge on any atom is -0.388 e.